The third kappa shape index (κ3) is 2.23. The number of para-hydroxylation sites is 2. The molecule has 4 nitrogen and oxygen atoms in total. The molecule has 2 aliphatic rings. The summed E-state index contributed by atoms with van der Waals surface area (Å²) in [5.74, 6) is 0.235. The molecule has 1 amide bonds. The minimum Gasteiger partial charge on any atom is -0.381 e. The Morgan fingerprint density at radius 1 is 1.24 bits per heavy atom. The molecule has 0 unspecified atom stereocenters. The number of hydrogen-bond acceptors (Lipinski definition) is 3. The smallest absolute Gasteiger partial charge is 0.224 e. The first-order valence-corrected chi connectivity index (χ1v) is 7.72. The van der Waals surface area contributed by atoms with Crippen LogP contribution < -0.4 is 10.2 Å². The summed E-state index contributed by atoms with van der Waals surface area (Å²) in [6, 6.07) is 7.70. The van der Waals surface area contributed by atoms with Gasteiger partial charge in [-0.25, -0.2) is 0 Å². The maximum atomic E-state index is 13.0. The summed E-state index contributed by atoms with van der Waals surface area (Å²) in [6.45, 7) is 3.93. The maximum absolute atomic E-state index is 13.0. The molecule has 0 radical (unpaired) electrons. The molecule has 3 rings (SSSR count). The molecule has 0 spiro atoms. The molecular formula is C17H22N2O2. The number of ketones is 1. The van der Waals surface area contributed by atoms with Crippen LogP contribution in [0.3, 0.4) is 0 Å². The Bertz CT molecular complexity index is 578. The lowest BCUT2D eigenvalue weighted by atomic mass is 9.82. The number of benzene rings is 1. The summed E-state index contributed by atoms with van der Waals surface area (Å²) < 4.78 is 0. The lowest BCUT2D eigenvalue weighted by Crippen LogP contribution is -2.62. The minimum absolute atomic E-state index is 0.0715. The van der Waals surface area contributed by atoms with Gasteiger partial charge in [-0.05, 0) is 31.9 Å². The Balaban J connectivity index is 2.01. The van der Waals surface area contributed by atoms with Gasteiger partial charge < -0.3 is 5.32 Å². The van der Waals surface area contributed by atoms with Gasteiger partial charge in [-0.3, -0.25) is 14.5 Å². The van der Waals surface area contributed by atoms with E-state index in [2.05, 4.69) is 5.32 Å². The predicted molar refractivity (Wildman–Crippen MR) is 83.5 cm³/mol. The predicted octanol–water partition coefficient (Wildman–Crippen LogP) is 2.98. The van der Waals surface area contributed by atoms with Crippen molar-refractivity contribution in [3.05, 3.63) is 24.3 Å². The molecule has 112 valence electrons. The third-order valence-corrected chi connectivity index (χ3v) is 4.83. The number of nitrogens with zero attached hydrogens (tertiary/aromatic N) is 1. The third-order valence-electron chi connectivity index (χ3n) is 4.83. The summed E-state index contributed by atoms with van der Waals surface area (Å²) in [7, 11) is 0. The monoisotopic (exact) mass is 286 g/mol. The Hall–Kier alpha value is -1.84. The number of amides is 1. The van der Waals surface area contributed by atoms with Crippen LogP contribution in [0.5, 0.6) is 0 Å². The number of fused-ring (bicyclic) bond motifs is 1. The second kappa shape index (κ2) is 5.17. The Labute approximate surface area is 125 Å². The van der Waals surface area contributed by atoms with E-state index in [1.165, 1.54) is 0 Å². The van der Waals surface area contributed by atoms with Crippen molar-refractivity contribution in [3.8, 4) is 0 Å². The van der Waals surface area contributed by atoms with E-state index in [0.29, 0.717) is 6.54 Å². The van der Waals surface area contributed by atoms with Crippen LogP contribution in [0, 0.1) is 5.92 Å². The second-order valence-corrected chi connectivity index (χ2v) is 6.34. The number of carbonyl (C=O) groups excluding carboxylic acids is 2. The number of anilines is 2. The Kier molecular flexibility index (Phi) is 3.47. The van der Waals surface area contributed by atoms with Gasteiger partial charge in [0, 0.05) is 19.4 Å². The Morgan fingerprint density at radius 3 is 2.57 bits per heavy atom. The molecule has 4 heteroatoms. The van der Waals surface area contributed by atoms with Crippen LogP contribution in [0.1, 0.15) is 39.5 Å². The second-order valence-electron chi connectivity index (χ2n) is 6.34. The quantitative estimate of drug-likeness (QED) is 0.909. The van der Waals surface area contributed by atoms with Gasteiger partial charge >= 0.3 is 0 Å². The number of rotatable bonds is 2. The molecule has 1 N–H and O–H groups in total. The van der Waals surface area contributed by atoms with Crippen molar-refractivity contribution in [1.29, 1.82) is 0 Å². The fourth-order valence-electron chi connectivity index (χ4n) is 3.77. The Morgan fingerprint density at radius 2 is 1.90 bits per heavy atom. The first-order valence-electron chi connectivity index (χ1n) is 7.72. The van der Waals surface area contributed by atoms with Crippen LogP contribution in [0.2, 0.25) is 0 Å². The van der Waals surface area contributed by atoms with Gasteiger partial charge in [0.15, 0.2) is 5.78 Å². The minimum atomic E-state index is -0.783. The van der Waals surface area contributed by atoms with Gasteiger partial charge in [-0.2, -0.15) is 0 Å². The zero-order valence-corrected chi connectivity index (χ0v) is 12.7. The van der Waals surface area contributed by atoms with E-state index in [9.17, 15) is 9.59 Å². The van der Waals surface area contributed by atoms with Crippen LogP contribution in [0.25, 0.3) is 0 Å². The van der Waals surface area contributed by atoms with E-state index in [4.69, 9.17) is 0 Å². The van der Waals surface area contributed by atoms with Gasteiger partial charge in [-0.15, -0.1) is 0 Å². The van der Waals surface area contributed by atoms with Crippen LogP contribution in [-0.2, 0) is 9.59 Å². The molecule has 1 aromatic carbocycles. The van der Waals surface area contributed by atoms with Gasteiger partial charge in [-0.1, -0.05) is 25.0 Å². The fourth-order valence-corrected chi connectivity index (χ4v) is 3.77. The molecule has 21 heavy (non-hydrogen) atoms. The van der Waals surface area contributed by atoms with Gasteiger partial charge in [0.05, 0.1) is 11.4 Å². The summed E-state index contributed by atoms with van der Waals surface area (Å²) in [5.41, 5.74) is 0.948. The molecule has 1 aliphatic heterocycles. The molecular weight excluding hydrogens is 264 g/mol. The van der Waals surface area contributed by atoms with Crippen molar-refractivity contribution >= 4 is 23.1 Å². The zero-order valence-electron chi connectivity index (χ0n) is 12.7. The van der Waals surface area contributed by atoms with Crippen molar-refractivity contribution in [1.82, 2.24) is 0 Å². The maximum Gasteiger partial charge on any atom is 0.224 e. The number of carbonyl (C=O) groups is 2. The van der Waals surface area contributed by atoms with E-state index in [1.54, 1.807) is 11.8 Å². The highest BCUT2D eigenvalue weighted by Crippen LogP contribution is 2.40. The fraction of sp³-hybridized carbons (Fsp3) is 0.529. The standard InChI is InChI=1S/C17H22N2O2/c1-12(20)19-15-10-6-5-9-14(15)18-11-17(19,2)16(21)13-7-3-4-8-13/h5-6,9-10,13,18H,3-4,7-8,11H2,1-2H3/t17-/m0/s1. The topological polar surface area (TPSA) is 49.4 Å². The van der Waals surface area contributed by atoms with Gasteiger partial charge in [0.25, 0.3) is 0 Å². The van der Waals surface area contributed by atoms with E-state index >= 15 is 0 Å². The average Bonchev–Trinajstić information content (AvgIpc) is 2.99. The highest BCUT2D eigenvalue weighted by atomic mass is 16.2. The molecule has 0 aromatic heterocycles. The molecule has 0 bridgehead atoms. The SMILES string of the molecule is CC(=O)N1c2ccccc2NC[C@@]1(C)C(=O)C1CCCC1. The molecule has 1 saturated carbocycles. The van der Waals surface area contributed by atoms with Gasteiger partial charge in [0.1, 0.15) is 5.54 Å². The van der Waals surface area contributed by atoms with E-state index in [-0.39, 0.29) is 17.6 Å². The van der Waals surface area contributed by atoms with Crippen molar-refractivity contribution < 1.29 is 9.59 Å². The number of Topliss-reactive ketones (excluding diaryl/α,β-unsaturated/α-hetero) is 1. The number of hydrogen-bond donors (Lipinski definition) is 1. The highest BCUT2D eigenvalue weighted by Gasteiger charge is 2.47. The molecule has 1 aliphatic carbocycles. The highest BCUT2D eigenvalue weighted by molar-refractivity contribution is 6.07. The van der Waals surface area contributed by atoms with Gasteiger partial charge in [0.2, 0.25) is 5.91 Å². The van der Waals surface area contributed by atoms with Crippen LogP contribution in [0.4, 0.5) is 11.4 Å². The average molecular weight is 286 g/mol. The summed E-state index contributed by atoms with van der Waals surface area (Å²) in [5, 5.41) is 3.33. The lowest BCUT2D eigenvalue weighted by molar-refractivity contribution is -0.130. The van der Waals surface area contributed by atoms with E-state index in [0.717, 1.165) is 37.1 Å². The van der Waals surface area contributed by atoms with E-state index in [1.807, 2.05) is 31.2 Å². The summed E-state index contributed by atoms with van der Waals surface area (Å²) >= 11 is 0. The molecule has 0 saturated heterocycles. The molecule has 1 heterocycles. The first-order chi connectivity index (χ1) is 10.0. The summed E-state index contributed by atoms with van der Waals surface area (Å²) in [4.78, 5) is 26.9. The molecule has 1 aromatic rings. The van der Waals surface area contributed by atoms with Crippen LogP contribution in [-0.4, -0.2) is 23.8 Å². The lowest BCUT2D eigenvalue weighted by Gasteiger charge is -2.45. The number of nitrogens with one attached hydrogen (secondary N) is 1. The molecule has 1 atom stereocenters. The largest absolute Gasteiger partial charge is 0.381 e. The zero-order chi connectivity index (χ0) is 15.0. The van der Waals surface area contributed by atoms with Crippen molar-refractivity contribution in [3.63, 3.8) is 0 Å². The summed E-state index contributed by atoms with van der Waals surface area (Å²) in [6.07, 6.45) is 4.16. The van der Waals surface area contributed by atoms with Crippen molar-refractivity contribution in [2.45, 2.75) is 45.1 Å². The van der Waals surface area contributed by atoms with Crippen LogP contribution in [0.15, 0.2) is 24.3 Å². The first kappa shape index (κ1) is 14.1. The molecule has 1 fully saturated rings. The van der Waals surface area contributed by atoms with Crippen molar-refractivity contribution in [2.75, 3.05) is 16.8 Å². The normalized spacial score (nSPS) is 25.3. The van der Waals surface area contributed by atoms with Crippen LogP contribution >= 0.6 is 0 Å². The van der Waals surface area contributed by atoms with Crippen molar-refractivity contribution in [2.24, 2.45) is 5.92 Å². The van der Waals surface area contributed by atoms with E-state index < -0.39 is 5.54 Å².